The first kappa shape index (κ1) is 10.9. The fourth-order valence-corrected chi connectivity index (χ4v) is 1.41. The average molecular weight is 192 g/mol. The number of rotatable bonds is 4. The molecule has 0 aliphatic rings. The van der Waals surface area contributed by atoms with Gasteiger partial charge in [0.2, 0.25) is 0 Å². The van der Waals surface area contributed by atoms with Gasteiger partial charge in [-0.25, -0.2) is 0 Å². The molecule has 1 N–H and O–H groups in total. The Balaban J connectivity index is 2.99. The highest BCUT2D eigenvalue weighted by atomic mass is 16.3. The molecule has 0 aliphatic carbocycles. The third-order valence-corrected chi connectivity index (χ3v) is 2.44. The summed E-state index contributed by atoms with van der Waals surface area (Å²) in [6.45, 7) is 3.73. The number of aldehydes is 1. The van der Waals surface area contributed by atoms with Gasteiger partial charge in [-0.15, -0.1) is 0 Å². The van der Waals surface area contributed by atoms with Gasteiger partial charge in [0.05, 0.1) is 5.60 Å². The lowest BCUT2D eigenvalue weighted by Crippen LogP contribution is -2.21. The Labute approximate surface area is 84.6 Å². The van der Waals surface area contributed by atoms with Crippen molar-refractivity contribution in [2.24, 2.45) is 0 Å². The minimum atomic E-state index is -1.03. The van der Waals surface area contributed by atoms with Crippen LogP contribution in [0, 0.1) is 0 Å². The van der Waals surface area contributed by atoms with E-state index < -0.39 is 5.60 Å². The molecule has 0 saturated carbocycles. The molecule has 2 nitrogen and oxygen atoms in total. The lowest BCUT2D eigenvalue weighted by molar-refractivity contribution is -0.112. The summed E-state index contributed by atoms with van der Waals surface area (Å²) in [4.78, 5) is 10.4. The van der Waals surface area contributed by atoms with Crippen LogP contribution >= 0.6 is 0 Å². The van der Waals surface area contributed by atoms with Crippen LogP contribution in [0.5, 0.6) is 0 Å². The van der Waals surface area contributed by atoms with Crippen molar-refractivity contribution < 1.29 is 9.90 Å². The highest BCUT2D eigenvalue weighted by Gasteiger charge is 2.22. The SMILES string of the molecule is CCc1cccc(C(C)(O)CC=O)c1. The zero-order valence-corrected chi connectivity index (χ0v) is 8.66. The molecule has 1 aromatic rings. The second-order valence-electron chi connectivity index (χ2n) is 3.70. The van der Waals surface area contributed by atoms with Crippen molar-refractivity contribution in [1.29, 1.82) is 0 Å². The summed E-state index contributed by atoms with van der Waals surface area (Å²) in [6, 6.07) is 7.72. The minimum Gasteiger partial charge on any atom is -0.385 e. The van der Waals surface area contributed by atoms with Gasteiger partial charge in [0, 0.05) is 6.42 Å². The van der Waals surface area contributed by atoms with Gasteiger partial charge < -0.3 is 9.90 Å². The quantitative estimate of drug-likeness (QED) is 0.741. The van der Waals surface area contributed by atoms with Crippen LogP contribution in [0.2, 0.25) is 0 Å². The summed E-state index contributed by atoms with van der Waals surface area (Å²) in [6.07, 6.45) is 1.82. The molecule has 2 heteroatoms. The summed E-state index contributed by atoms with van der Waals surface area (Å²) in [5.41, 5.74) is 0.949. The van der Waals surface area contributed by atoms with Crippen LogP contribution in [-0.4, -0.2) is 11.4 Å². The first-order valence-corrected chi connectivity index (χ1v) is 4.85. The third kappa shape index (κ3) is 2.42. The fourth-order valence-electron chi connectivity index (χ4n) is 1.41. The first-order valence-electron chi connectivity index (χ1n) is 4.85. The largest absolute Gasteiger partial charge is 0.385 e. The van der Waals surface area contributed by atoms with E-state index in [0.29, 0.717) is 0 Å². The number of carbonyl (C=O) groups excluding carboxylic acids is 1. The Morgan fingerprint density at radius 3 is 2.79 bits per heavy atom. The Kier molecular flexibility index (Phi) is 3.42. The average Bonchev–Trinajstić information content (AvgIpc) is 2.18. The molecule has 1 aromatic carbocycles. The molecule has 0 aliphatic heterocycles. The fraction of sp³-hybridized carbons (Fsp3) is 0.417. The number of aliphatic hydroxyl groups is 1. The topological polar surface area (TPSA) is 37.3 Å². The molecule has 76 valence electrons. The van der Waals surface area contributed by atoms with Crippen LogP contribution in [0.15, 0.2) is 24.3 Å². The molecule has 0 amide bonds. The third-order valence-electron chi connectivity index (χ3n) is 2.44. The molecule has 0 aromatic heterocycles. The van der Waals surface area contributed by atoms with Gasteiger partial charge in [-0.2, -0.15) is 0 Å². The van der Waals surface area contributed by atoms with E-state index in [1.807, 2.05) is 24.3 Å². The van der Waals surface area contributed by atoms with Crippen molar-refractivity contribution in [3.8, 4) is 0 Å². The zero-order chi connectivity index (χ0) is 10.6. The van der Waals surface area contributed by atoms with Crippen molar-refractivity contribution in [3.63, 3.8) is 0 Å². The molecule has 1 atom stereocenters. The summed E-state index contributed by atoms with van der Waals surface area (Å²) in [7, 11) is 0. The number of hydrogen-bond acceptors (Lipinski definition) is 2. The Morgan fingerprint density at radius 2 is 2.21 bits per heavy atom. The van der Waals surface area contributed by atoms with E-state index >= 15 is 0 Å². The van der Waals surface area contributed by atoms with E-state index in [-0.39, 0.29) is 6.42 Å². The molecule has 0 spiro atoms. The van der Waals surface area contributed by atoms with E-state index in [2.05, 4.69) is 6.92 Å². The first-order chi connectivity index (χ1) is 6.60. The smallest absolute Gasteiger partial charge is 0.123 e. The van der Waals surface area contributed by atoms with E-state index in [4.69, 9.17) is 0 Å². The van der Waals surface area contributed by atoms with Crippen molar-refractivity contribution >= 4 is 6.29 Å². The molecular formula is C12H16O2. The molecule has 0 radical (unpaired) electrons. The van der Waals surface area contributed by atoms with E-state index in [1.54, 1.807) is 6.92 Å². The second-order valence-corrected chi connectivity index (χ2v) is 3.70. The Bertz CT molecular complexity index is 316. The molecule has 0 heterocycles. The van der Waals surface area contributed by atoms with Gasteiger partial charge >= 0.3 is 0 Å². The summed E-state index contributed by atoms with van der Waals surface area (Å²) in [5, 5.41) is 9.97. The predicted molar refractivity (Wildman–Crippen MR) is 56.1 cm³/mol. The molecular weight excluding hydrogens is 176 g/mol. The lowest BCUT2D eigenvalue weighted by Gasteiger charge is -2.21. The zero-order valence-electron chi connectivity index (χ0n) is 8.66. The van der Waals surface area contributed by atoms with Crippen molar-refractivity contribution in [2.45, 2.75) is 32.3 Å². The van der Waals surface area contributed by atoms with Gasteiger partial charge in [-0.1, -0.05) is 31.2 Å². The van der Waals surface area contributed by atoms with Crippen LogP contribution in [0.3, 0.4) is 0 Å². The Hall–Kier alpha value is -1.15. The molecule has 0 fully saturated rings. The van der Waals surface area contributed by atoms with Crippen LogP contribution in [0.1, 0.15) is 31.4 Å². The van der Waals surface area contributed by atoms with Gasteiger partial charge in [-0.05, 0) is 24.5 Å². The minimum absolute atomic E-state index is 0.139. The number of hydrogen-bond donors (Lipinski definition) is 1. The van der Waals surface area contributed by atoms with Crippen LogP contribution in [-0.2, 0) is 16.8 Å². The maximum absolute atomic E-state index is 10.4. The molecule has 1 unspecified atom stereocenters. The molecule has 0 saturated heterocycles. The normalized spacial score (nSPS) is 14.8. The van der Waals surface area contributed by atoms with Gasteiger partial charge in [0.15, 0.2) is 0 Å². The second kappa shape index (κ2) is 4.38. The number of carbonyl (C=O) groups is 1. The van der Waals surface area contributed by atoms with E-state index in [1.165, 1.54) is 5.56 Å². The van der Waals surface area contributed by atoms with Crippen molar-refractivity contribution in [3.05, 3.63) is 35.4 Å². The van der Waals surface area contributed by atoms with Gasteiger partial charge in [0.1, 0.15) is 6.29 Å². The molecule has 1 rings (SSSR count). The van der Waals surface area contributed by atoms with Crippen molar-refractivity contribution in [1.82, 2.24) is 0 Å². The summed E-state index contributed by atoms with van der Waals surface area (Å²) < 4.78 is 0. The van der Waals surface area contributed by atoms with E-state index in [9.17, 15) is 9.90 Å². The lowest BCUT2D eigenvalue weighted by atomic mass is 9.91. The molecule has 14 heavy (non-hydrogen) atoms. The summed E-state index contributed by atoms with van der Waals surface area (Å²) in [5.74, 6) is 0. The Morgan fingerprint density at radius 1 is 1.50 bits per heavy atom. The van der Waals surface area contributed by atoms with Crippen molar-refractivity contribution in [2.75, 3.05) is 0 Å². The number of aryl methyl sites for hydroxylation is 1. The predicted octanol–water partition coefficient (Wildman–Crippen LogP) is 2.05. The summed E-state index contributed by atoms with van der Waals surface area (Å²) >= 11 is 0. The van der Waals surface area contributed by atoms with Crippen LogP contribution < -0.4 is 0 Å². The highest BCUT2D eigenvalue weighted by molar-refractivity contribution is 5.52. The standard InChI is InChI=1S/C12H16O2/c1-3-10-5-4-6-11(9-10)12(2,14)7-8-13/h4-6,8-9,14H,3,7H2,1-2H3. The maximum Gasteiger partial charge on any atom is 0.123 e. The maximum atomic E-state index is 10.4. The monoisotopic (exact) mass is 192 g/mol. The van der Waals surface area contributed by atoms with Crippen LogP contribution in [0.4, 0.5) is 0 Å². The van der Waals surface area contributed by atoms with Gasteiger partial charge in [-0.3, -0.25) is 0 Å². The van der Waals surface area contributed by atoms with E-state index in [0.717, 1.165) is 18.3 Å². The van der Waals surface area contributed by atoms with Gasteiger partial charge in [0.25, 0.3) is 0 Å². The number of benzene rings is 1. The highest BCUT2D eigenvalue weighted by Crippen LogP contribution is 2.24. The molecule has 0 bridgehead atoms. The van der Waals surface area contributed by atoms with Crippen LogP contribution in [0.25, 0.3) is 0 Å².